The molecule has 1 amide bonds. The van der Waals surface area contributed by atoms with Crippen LogP contribution in [-0.2, 0) is 11.2 Å². The third-order valence-corrected chi connectivity index (χ3v) is 4.44. The number of hydrogen-bond donors (Lipinski definition) is 2. The van der Waals surface area contributed by atoms with Gasteiger partial charge in [-0.15, -0.1) is 0 Å². The molecule has 1 aromatic heterocycles. The maximum absolute atomic E-state index is 13.2. The Balaban J connectivity index is 1.44. The van der Waals surface area contributed by atoms with E-state index < -0.39 is 0 Å². The van der Waals surface area contributed by atoms with Crippen molar-refractivity contribution in [2.75, 3.05) is 17.2 Å². The fourth-order valence-corrected chi connectivity index (χ4v) is 3.09. The number of hydrogen-bond acceptors (Lipinski definition) is 3. The third kappa shape index (κ3) is 5.69. The molecule has 1 aromatic carbocycles. The molecule has 0 fully saturated rings. The second-order valence-corrected chi connectivity index (χ2v) is 6.57. The number of amides is 1. The Bertz CT molecular complexity index is 771. The maximum atomic E-state index is 13.2. The van der Waals surface area contributed by atoms with Gasteiger partial charge in [0.15, 0.2) is 0 Å². The number of pyridine rings is 1. The van der Waals surface area contributed by atoms with E-state index in [0.717, 1.165) is 18.7 Å². The number of carbonyl (C=O) groups is 1. The van der Waals surface area contributed by atoms with Crippen LogP contribution in [0.5, 0.6) is 0 Å². The normalized spacial score (nSPS) is 13.8. The van der Waals surface area contributed by atoms with Crippen molar-refractivity contribution in [2.45, 2.75) is 38.5 Å². The fraction of sp³-hybridized carbons (Fsp3) is 0.333. The molecule has 0 radical (unpaired) electrons. The van der Waals surface area contributed by atoms with Crippen LogP contribution in [0.4, 0.5) is 15.9 Å². The van der Waals surface area contributed by atoms with Crippen molar-refractivity contribution in [3.05, 3.63) is 65.6 Å². The molecule has 26 heavy (non-hydrogen) atoms. The van der Waals surface area contributed by atoms with Crippen LogP contribution in [0.2, 0.25) is 0 Å². The zero-order chi connectivity index (χ0) is 18.2. The van der Waals surface area contributed by atoms with Crippen LogP contribution in [0.25, 0.3) is 0 Å². The summed E-state index contributed by atoms with van der Waals surface area (Å²) in [5.41, 5.74) is 3.11. The van der Waals surface area contributed by atoms with Crippen LogP contribution in [0.1, 0.15) is 37.7 Å². The molecule has 0 saturated heterocycles. The van der Waals surface area contributed by atoms with Crippen molar-refractivity contribution < 1.29 is 9.18 Å². The van der Waals surface area contributed by atoms with Gasteiger partial charge in [0.1, 0.15) is 11.6 Å². The monoisotopic (exact) mass is 353 g/mol. The van der Waals surface area contributed by atoms with Crippen LogP contribution in [0.15, 0.2) is 54.2 Å². The number of benzene rings is 1. The molecule has 1 aliphatic carbocycles. The zero-order valence-electron chi connectivity index (χ0n) is 14.8. The lowest BCUT2D eigenvalue weighted by Gasteiger charge is -2.13. The van der Waals surface area contributed by atoms with Gasteiger partial charge in [0.2, 0.25) is 5.91 Å². The van der Waals surface area contributed by atoms with Gasteiger partial charge in [-0.25, -0.2) is 9.37 Å². The van der Waals surface area contributed by atoms with Gasteiger partial charge in [-0.3, -0.25) is 4.79 Å². The van der Waals surface area contributed by atoms with Gasteiger partial charge in [0.25, 0.3) is 0 Å². The summed E-state index contributed by atoms with van der Waals surface area (Å²) < 4.78 is 13.2. The zero-order valence-corrected chi connectivity index (χ0v) is 14.8. The van der Waals surface area contributed by atoms with E-state index >= 15 is 0 Å². The SMILES string of the molecule is O=C(Cc1cccc(F)c1)Nc1ccc(NCCC2=CCCCC2)cn1. The van der Waals surface area contributed by atoms with Crippen molar-refractivity contribution in [1.82, 2.24) is 4.98 Å². The van der Waals surface area contributed by atoms with Gasteiger partial charge < -0.3 is 10.6 Å². The molecule has 1 aliphatic rings. The summed E-state index contributed by atoms with van der Waals surface area (Å²) in [4.78, 5) is 16.3. The Morgan fingerprint density at radius 2 is 2.12 bits per heavy atom. The number of aromatic nitrogens is 1. The highest BCUT2D eigenvalue weighted by molar-refractivity contribution is 5.91. The Morgan fingerprint density at radius 1 is 1.19 bits per heavy atom. The largest absolute Gasteiger partial charge is 0.383 e. The Morgan fingerprint density at radius 3 is 2.85 bits per heavy atom. The number of rotatable bonds is 7. The lowest BCUT2D eigenvalue weighted by molar-refractivity contribution is -0.115. The number of halogens is 1. The van der Waals surface area contributed by atoms with Crippen molar-refractivity contribution >= 4 is 17.4 Å². The molecule has 1 heterocycles. The molecular formula is C21H24FN3O. The van der Waals surface area contributed by atoms with Gasteiger partial charge in [-0.2, -0.15) is 0 Å². The lowest BCUT2D eigenvalue weighted by Crippen LogP contribution is -2.15. The highest BCUT2D eigenvalue weighted by Crippen LogP contribution is 2.20. The average Bonchev–Trinajstić information content (AvgIpc) is 2.64. The van der Waals surface area contributed by atoms with Crippen molar-refractivity contribution in [1.29, 1.82) is 0 Å². The predicted octanol–water partition coefficient (Wildman–Crippen LogP) is 4.70. The number of nitrogens with zero attached hydrogens (tertiary/aromatic N) is 1. The van der Waals surface area contributed by atoms with E-state index in [1.165, 1.54) is 43.4 Å². The van der Waals surface area contributed by atoms with Crippen LogP contribution >= 0.6 is 0 Å². The Kier molecular flexibility index (Phi) is 6.36. The van der Waals surface area contributed by atoms with Gasteiger partial charge in [-0.05, 0) is 61.9 Å². The van der Waals surface area contributed by atoms with Crippen molar-refractivity contribution in [3.8, 4) is 0 Å². The minimum Gasteiger partial charge on any atom is -0.383 e. The van der Waals surface area contributed by atoms with E-state index in [4.69, 9.17) is 0 Å². The number of nitrogens with one attached hydrogen (secondary N) is 2. The van der Waals surface area contributed by atoms with Gasteiger partial charge in [-0.1, -0.05) is 23.8 Å². The Hall–Kier alpha value is -2.69. The summed E-state index contributed by atoms with van der Waals surface area (Å²) in [5.74, 6) is -0.0622. The van der Waals surface area contributed by atoms with Gasteiger partial charge in [0, 0.05) is 6.54 Å². The molecule has 0 spiro atoms. The molecule has 0 atom stereocenters. The van der Waals surface area contributed by atoms with Crippen LogP contribution < -0.4 is 10.6 Å². The predicted molar refractivity (Wildman–Crippen MR) is 103 cm³/mol. The smallest absolute Gasteiger partial charge is 0.229 e. The van der Waals surface area contributed by atoms with Crippen LogP contribution in [0.3, 0.4) is 0 Å². The van der Waals surface area contributed by atoms with E-state index in [-0.39, 0.29) is 18.1 Å². The minimum atomic E-state index is -0.340. The van der Waals surface area contributed by atoms with E-state index in [9.17, 15) is 9.18 Å². The van der Waals surface area contributed by atoms with E-state index in [0.29, 0.717) is 11.4 Å². The molecule has 5 heteroatoms. The number of carbonyl (C=O) groups excluding carboxylic acids is 1. The van der Waals surface area contributed by atoms with Crippen molar-refractivity contribution in [2.24, 2.45) is 0 Å². The summed E-state index contributed by atoms with van der Waals surface area (Å²) >= 11 is 0. The molecule has 136 valence electrons. The fourth-order valence-electron chi connectivity index (χ4n) is 3.09. The quantitative estimate of drug-likeness (QED) is 0.709. The van der Waals surface area contributed by atoms with Crippen LogP contribution in [-0.4, -0.2) is 17.4 Å². The standard InChI is InChI=1S/C21H24FN3O/c22-18-8-4-7-17(13-18)14-21(26)25-20-10-9-19(15-24-20)23-12-11-16-5-2-1-3-6-16/h4-5,7-10,13,15,23H,1-3,6,11-12,14H2,(H,24,25,26). The van der Waals surface area contributed by atoms with Gasteiger partial charge >= 0.3 is 0 Å². The minimum absolute atomic E-state index is 0.120. The summed E-state index contributed by atoms with van der Waals surface area (Å²) in [6.07, 6.45) is 10.3. The van der Waals surface area contributed by atoms with Crippen molar-refractivity contribution in [3.63, 3.8) is 0 Å². The second kappa shape index (κ2) is 9.13. The third-order valence-electron chi connectivity index (χ3n) is 4.44. The summed E-state index contributed by atoms with van der Waals surface area (Å²) in [6.45, 7) is 0.888. The number of allylic oxidation sites excluding steroid dienone is 1. The summed E-state index contributed by atoms with van der Waals surface area (Å²) in [6, 6.07) is 9.72. The van der Waals surface area contributed by atoms with E-state index in [2.05, 4.69) is 21.7 Å². The van der Waals surface area contributed by atoms with Gasteiger partial charge in [0.05, 0.1) is 18.3 Å². The first-order valence-electron chi connectivity index (χ1n) is 9.11. The van der Waals surface area contributed by atoms with Crippen LogP contribution in [0, 0.1) is 5.82 Å². The average molecular weight is 353 g/mol. The molecule has 3 rings (SSSR count). The second-order valence-electron chi connectivity index (χ2n) is 6.57. The lowest BCUT2D eigenvalue weighted by atomic mass is 9.97. The first kappa shape index (κ1) is 18.1. The first-order chi connectivity index (χ1) is 12.7. The molecule has 0 unspecified atom stereocenters. The molecular weight excluding hydrogens is 329 g/mol. The molecule has 0 saturated carbocycles. The molecule has 2 aromatic rings. The highest BCUT2D eigenvalue weighted by Gasteiger charge is 2.06. The van der Waals surface area contributed by atoms with E-state index in [1.54, 1.807) is 24.4 Å². The highest BCUT2D eigenvalue weighted by atomic mass is 19.1. The molecule has 2 N–H and O–H groups in total. The van der Waals surface area contributed by atoms with E-state index in [1.807, 2.05) is 6.07 Å². The molecule has 0 aliphatic heterocycles. The summed E-state index contributed by atoms with van der Waals surface area (Å²) in [5, 5.41) is 6.10. The number of anilines is 2. The topological polar surface area (TPSA) is 54.0 Å². The Labute approximate surface area is 153 Å². The molecule has 0 bridgehead atoms. The first-order valence-corrected chi connectivity index (χ1v) is 9.11. The summed E-state index contributed by atoms with van der Waals surface area (Å²) in [7, 11) is 0. The molecule has 4 nitrogen and oxygen atoms in total. The maximum Gasteiger partial charge on any atom is 0.229 e.